The molecule has 148 valence electrons. The van der Waals surface area contributed by atoms with Gasteiger partial charge in [-0.3, -0.25) is 4.79 Å². The minimum atomic E-state index is -1.29. The van der Waals surface area contributed by atoms with Crippen molar-refractivity contribution in [2.75, 3.05) is 32.5 Å². The average molecular weight is 377 g/mol. The van der Waals surface area contributed by atoms with Crippen LogP contribution in [0.2, 0.25) is 0 Å². The summed E-state index contributed by atoms with van der Waals surface area (Å²) in [5.74, 6) is -1.84. The smallest absolute Gasteiger partial charge is 0.341 e. The molecule has 0 amide bonds. The van der Waals surface area contributed by atoms with E-state index in [2.05, 4.69) is 17.1 Å². The number of anilines is 1. The molecule has 27 heavy (non-hydrogen) atoms. The monoisotopic (exact) mass is 377 g/mol. The largest absolute Gasteiger partial charge is 0.477 e. The van der Waals surface area contributed by atoms with E-state index in [0.717, 1.165) is 38.3 Å². The van der Waals surface area contributed by atoms with Crippen molar-refractivity contribution in [2.45, 2.75) is 39.2 Å². The van der Waals surface area contributed by atoms with Gasteiger partial charge in [-0.2, -0.15) is 0 Å². The number of hydrogen-bond donors (Lipinski definition) is 2. The van der Waals surface area contributed by atoms with Gasteiger partial charge in [0.1, 0.15) is 11.4 Å². The fourth-order valence-electron chi connectivity index (χ4n) is 3.03. The normalized spacial score (nSPS) is 11.3. The Morgan fingerprint density at radius 1 is 1.26 bits per heavy atom. The zero-order chi connectivity index (χ0) is 20.0. The third-order valence-corrected chi connectivity index (χ3v) is 4.50. The minimum absolute atomic E-state index is 0.0998. The van der Waals surface area contributed by atoms with Crippen LogP contribution in [0.3, 0.4) is 0 Å². The maximum Gasteiger partial charge on any atom is 0.341 e. The lowest BCUT2D eigenvalue weighted by molar-refractivity contribution is 0.0695. The third kappa shape index (κ3) is 5.29. The molecule has 1 aromatic heterocycles. The van der Waals surface area contributed by atoms with E-state index in [-0.39, 0.29) is 10.9 Å². The molecular formula is C20H28FN3O3. The molecule has 2 aromatic rings. The predicted molar refractivity (Wildman–Crippen MR) is 106 cm³/mol. The number of unbranched alkanes of at least 4 members (excludes halogenated alkanes) is 2. The number of fused-ring (bicyclic) bond motifs is 1. The molecule has 0 atom stereocenters. The van der Waals surface area contributed by atoms with Crippen molar-refractivity contribution in [3.8, 4) is 0 Å². The lowest BCUT2D eigenvalue weighted by atomic mass is 10.1. The first kappa shape index (κ1) is 20.9. The maximum absolute atomic E-state index is 14.5. The molecule has 0 saturated carbocycles. The Morgan fingerprint density at radius 2 is 2.00 bits per heavy atom. The Kier molecular flexibility index (Phi) is 7.36. The van der Waals surface area contributed by atoms with E-state index < -0.39 is 17.2 Å². The Bertz CT molecular complexity index is 862. The van der Waals surface area contributed by atoms with Gasteiger partial charge in [0.2, 0.25) is 5.43 Å². The molecular weight excluding hydrogens is 349 g/mol. The summed E-state index contributed by atoms with van der Waals surface area (Å²) in [6.07, 6.45) is 5.10. The van der Waals surface area contributed by atoms with Gasteiger partial charge in [0.15, 0.2) is 0 Å². The second-order valence-corrected chi connectivity index (χ2v) is 7.01. The molecule has 0 bridgehead atoms. The Morgan fingerprint density at radius 3 is 2.63 bits per heavy atom. The second kappa shape index (κ2) is 9.50. The highest BCUT2D eigenvalue weighted by Gasteiger charge is 2.17. The van der Waals surface area contributed by atoms with E-state index in [1.54, 1.807) is 10.6 Å². The Labute approximate surface area is 158 Å². The van der Waals surface area contributed by atoms with Crippen molar-refractivity contribution in [2.24, 2.45) is 0 Å². The summed E-state index contributed by atoms with van der Waals surface area (Å²) < 4.78 is 16.2. The lowest BCUT2D eigenvalue weighted by Crippen LogP contribution is -2.20. The van der Waals surface area contributed by atoms with Crippen molar-refractivity contribution >= 4 is 22.6 Å². The van der Waals surface area contributed by atoms with Crippen LogP contribution in [-0.4, -0.2) is 47.7 Å². The molecule has 2 rings (SSSR count). The molecule has 0 spiro atoms. The number of carboxylic acid groups (broad SMARTS) is 1. The molecule has 0 aliphatic rings. The molecule has 0 unspecified atom stereocenters. The highest BCUT2D eigenvalue weighted by Crippen LogP contribution is 2.22. The summed E-state index contributed by atoms with van der Waals surface area (Å²) in [5, 5.41) is 12.5. The van der Waals surface area contributed by atoms with Crippen molar-refractivity contribution in [3.05, 3.63) is 39.9 Å². The molecule has 0 fully saturated rings. The zero-order valence-electron chi connectivity index (χ0n) is 16.2. The van der Waals surface area contributed by atoms with Crippen LogP contribution in [0.1, 0.15) is 43.0 Å². The number of hydrogen-bond acceptors (Lipinski definition) is 4. The van der Waals surface area contributed by atoms with Crippen LogP contribution in [-0.2, 0) is 6.54 Å². The van der Waals surface area contributed by atoms with Gasteiger partial charge in [0.05, 0.1) is 11.2 Å². The van der Waals surface area contributed by atoms with Crippen LogP contribution in [0.4, 0.5) is 10.1 Å². The molecule has 0 saturated heterocycles. The van der Waals surface area contributed by atoms with E-state index in [0.29, 0.717) is 24.3 Å². The van der Waals surface area contributed by atoms with Gasteiger partial charge < -0.3 is 19.9 Å². The van der Waals surface area contributed by atoms with Crippen molar-refractivity contribution in [3.63, 3.8) is 0 Å². The topological polar surface area (TPSA) is 74.6 Å². The Hall–Kier alpha value is -2.41. The van der Waals surface area contributed by atoms with Gasteiger partial charge in [0, 0.05) is 24.7 Å². The summed E-state index contributed by atoms with van der Waals surface area (Å²) in [4.78, 5) is 25.9. The second-order valence-electron chi connectivity index (χ2n) is 7.01. The van der Waals surface area contributed by atoms with E-state index in [9.17, 15) is 19.1 Å². The number of aromatic carboxylic acids is 1. The predicted octanol–water partition coefficient (Wildman–Crippen LogP) is 3.39. The number of aromatic nitrogens is 1. The molecule has 0 aliphatic carbocycles. The molecule has 7 heteroatoms. The molecule has 2 N–H and O–H groups in total. The minimum Gasteiger partial charge on any atom is -0.477 e. The van der Waals surface area contributed by atoms with Gasteiger partial charge in [0.25, 0.3) is 0 Å². The number of carboxylic acids is 1. The van der Waals surface area contributed by atoms with Crippen LogP contribution in [0, 0.1) is 5.82 Å². The van der Waals surface area contributed by atoms with Gasteiger partial charge in [-0.1, -0.05) is 19.8 Å². The summed E-state index contributed by atoms with van der Waals surface area (Å²) in [6, 6.07) is 2.76. The number of pyridine rings is 1. The van der Waals surface area contributed by atoms with Crippen LogP contribution < -0.4 is 10.7 Å². The first-order chi connectivity index (χ1) is 12.8. The highest BCUT2D eigenvalue weighted by atomic mass is 19.1. The van der Waals surface area contributed by atoms with E-state index in [4.69, 9.17) is 0 Å². The van der Waals surface area contributed by atoms with Crippen molar-refractivity contribution < 1.29 is 14.3 Å². The zero-order valence-corrected chi connectivity index (χ0v) is 16.2. The quantitative estimate of drug-likeness (QED) is 0.621. The SMILES string of the molecule is CCCCCn1cc(C(=O)O)c(=O)c2cc(F)c(NCCCN(C)C)cc21. The first-order valence-corrected chi connectivity index (χ1v) is 9.33. The standard InChI is InChI=1S/C20H28FN3O3/c1-4-5-6-10-24-13-15(20(26)27)19(25)14-11-16(21)17(12-18(14)24)22-8-7-9-23(2)3/h11-13,22H,4-10H2,1-3H3,(H,26,27). The van der Waals surface area contributed by atoms with Crippen LogP contribution >= 0.6 is 0 Å². The number of halogens is 1. The van der Waals surface area contributed by atoms with Crippen molar-refractivity contribution in [1.82, 2.24) is 9.47 Å². The molecule has 1 aromatic carbocycles. The summed E-state index contributed by atoms with van der Waals surface area (Å²) >= 11 is 0. The Balaban J connectivity index is 2.43. The average Bonchev–Trinajstić information content (AvgIpc) is 2.61. The number of aryl methyl sites for hydroxylation is 1. The fourth-order valence-corrected chi connectivity index (χ4v) is 3.03. The first-order valence-electron chi connectivity index (χ1n) is 9.33. The van der Waals surface area contributed by atoms with Crippen LogP contribution in [0.15, 0.2) is 23.1 Å². The number of nitrogens with zero attached hydrogens (tertiary/aromatic N) is 2. The van der Waals surface area contributed by atoms with Gasteiger partial charge in [-0.15, -0.1) is 0 Å². The number of carbonyl (C=O) groups is 1. The number of benzene rings is 1. The molecule has 1 heterocycles. The molecule has 0 aliphatic heterocycles. The summed E-state index contributed by atoms with van der Waals surface area (Å²) in [6.45, 7) is 4.15. The maximum atomic E-state index is 14.5. The van der Waals surface area contributed by atoms with E-state index in [1.165, 1.54) is 6.20 Å². The van der Waals surface area contributed by atoms with Gasteiger partial charge in [-0.05, 0) is 45.6 Å². The number of nitrogens with one attached hydrogen (secondary N) is 1. The summed E-state index contributed by atoms with van der Waals surface area (Å²) in [7, 11) is 3.96. The highest BCUT2D eigenvalue weighted by molar-refractivity contribution is 5.93. The van der Waals surface area contributed by atoms with E-state index in [1.807, 2.05) is 14.1 Å². The fraction of sp³-hybridized carbons (Fsp3) is 0.500. The lowest BCUT2D eigenvalue weighted by Gasteiger charge is -2.15. The molecule has 6 nitrogen and oxygen atoms in total. The van der Waals surface area contributed by atoms with Crippen LogP contribution in [0.5, 0.6) is 0 Å². The third-order valence-electron chi connectivity index (χ3n) is 4.50. The number of rotatable bonds is 10. The van der Waals surface area contributed by atoms with Gasteiger partial charge in [-0.25, -0.2) is 9.18 Å². The van der Waals surface area contributed by atoms with Gasteiger partial charge >= 0.3 is 5.97 Å². The molecule has 0 radical (unpaired) electrons. The van der Waals surface area contributed by atoms with Crippen LogP contribution in [0.25, 0.3) is 10.9 Å². The van der Waals surface area contributed by atoms with Crippen molar-refractivity contribution in [1.29, 1.82) is 0 Å². The van der Waals surface area contributed by atoms with E-state index >= 15 is 0 Å². The summed E-state index contributed by atoms with van der Waals surface area (Å²) in [5.41, 5.74) is -0.0991.